The number of nitrogens with one attached hydrogen (secondary N) is 1. The fourth-order valence-corrected chi connectivity index (χ4v) is 3.27. The molecule has 1 aliphatic rings. The minimum atomic E-state index is 0.00794. The molecule has 2 rings (SSSR count). The van der Waals surface area contributed by atoms with Crippen molar-refractivity contribution in [1.82, 2.24) is 20.0 Å². The van der Waals surface area contributed by atoms with Crippen molar-refractivity contribution in [2.24, 2.45) is 0 Å². The van der Waals surface area contributed by atoms with E-state index in [0.717, 1.165) is 50.6 Å². The van der Waals surface area contributed by atoms with E-state index in [1.807, 2.05) is 43.0 Å². The lowest BCUT2D eigenvalue weighted by atomic mass is 10.2. The van der Waals surface area contributed by atoms with Gasteiger partial charge in [0, 0.05) is 51.4 Å². The molecule has 0 unspecified atom stereocenters. The van der Waals surface area contributed by atoms with Gasteiger partial charge in [-0.15, -0.1) is 0 Å². The van der Waals surface area contributed by atoms with E-state index in [4.69, 9.17) is 4.74 Å². The standard InChI is InChI=1S/C20H32N4O3/c1-4-24(5-2)20(26)16-23-12-10-22(11-13-23)15-19(25)21-14-17-8-6-7-9-18(17)27-3/h6-9H,4-5,10-16H2,1-3H3,(H,21,25). The van der Waals surface area contributed by atoms with Gasteiger partial charge in [-0.1, -0.05) is 18.2 Å². The highest BCUT2D eigenvalue weighted by Gasteiger charge is 2.22. The number of carbonyl (C=O) groups is 2. The van der Waals surface area contributed by atoms with E-state index in [1.165, 1.54) is 0 Å². The molecule has 0 spiro atoms. The van der Waals surface area contributed by atoms with E-state index in [0.29, 0.717) is 19.6 Å². The topological polar surface area (TPSA) is 65.1 Å². The highest BCUT2D eigenvalue weighted by atomic mass is 16.5. The second-order valence-corrected chi connectivity index (χ2v) is 6.71. The SMILES string of the molecule is CCN(CC)C(=O)CN1CCN(CC(=O)NCc2ccccc2OC)CC1. The van der Waals surface area contributed by atoms with Crippen molar-refractivity contribution in [3.8, 4) is 5.75 Å². The number of methoxy groups -OCH3 is 1. The van der Waals surface area contributed by atoms with Crippen molar-refractivity contribution in [3.63, 3.8) is 0 Å². The van der Waals surface area contributed by atoms with Crippen LogP contribution in [0.25, 0.3) is 0 Å². The molecular weight excluding hydrogens is 344 g/mol. The highest BCUT2D eigenvalue weighted by molar-refractivity contribution is 5.78. The number of benzene rings is 1. The normalized spacial score (nSPS) is 15.4. The van der Waals surface area contributed by atoms with E-state index in [2.05, 4.69) is 15.1 Å². The molecule has 0 saturated carbocycles. The van der Waals surface area contributed by atoms with Crippen LogP contribution in [0.4, 0.5) is 0 Å². The van der Waals surface area contributed by atoms with Gasteiger partial charge in [-0.05, 0) is 19.9 Å². The van der Waals surface area contributed by atoms with E-state index in [9.17, 15) is 9.59 Å². The number of carbonyl (C=O) groups excluding carboxylic acids is 2. The van der Waals surface area contributed by atoms with E-state index in [1.54, 1.807) is 7.11 Å². The van der Waals surface area contributed by atoms with Gasteiger partial charge in [-0.3, -0.25) is 19.4 Å². The van der Waals surface area contributed by atoms with Crippen molar-refractivity contribution < 1.29 is 14.3 Å². The van der Waals surface area contributed by atoms with Crippen LogP contribution in [-0.2, 0) is 16.1 Å². The van der Waals surface area contributed by atoms with Crippen LogP contribution in [0.3, 0.4) is 0 Å². The predicted octanol–water partition coefficient (Wildman–Crippen LogP) is 0.797. The lowest BCUT2D eigenvalue weighted by Gasteiger charge is -2.34. The molecule has 27 heavy (non-hydrogen) atoms. The number of nitrogens with zero attached hydrogens (tertiary/aromatic N) is 3. The number of likely N-dealkylation sites (N-methyl/N-ethyl adjacent to an activating group) is 1. The summed E-state index contributed by atoms with van der Waals surface area (Å²) in [7, 11) is 1.63. The summed E-state index contributed by atoms with van der Waals surface area (Å²) in [4.78, 5) is 30.6. The molecule has 1 N–H and O–H groups in total. The van der Waals surface area contributed by atoms with Gasteiger partial charge in [0.25, 0.3) is 0 Å². The maximum absolute atomic E-state index is 12.2. The average Bonchev–Trinajstić information content (AvgIpc) is 2.69. The molecule has 1 aliphatic heterocycles. The second-order valence-electron chi connectivity index (χ2n) is 6.71. The van der Waals surface area contributed by atoms with Gasteiger partial charge in [0.2, 0.25) is 11.8 Å². The molecule has 1 heterocycles. The molecule has 0 aromatic heterocycles. The quantitative estimate of drug-likeness (QED) is 0.691. The number of hydrogen-bond acceptors (Lipinski definition) is 5. The Hall–Kier alpha value is -2.12. The number of amides is 2. The van der Waals surface area contributed by atoms with Crippen molar-refractivity contribution in [3.05, 3.63) is 29.8 Å². The number of piperazine rings is 1. The third-order valence-corrected chi connectivity index (χ3v) is 4.98. The zero-order chi connectivity index (χ0) is 19.6. The molecule has 0 atom stereocenters. The number of rotatable bonds is 9. The van der Waals surface area contributed by atoms with Crippen molar-refractivity contribution in [1.29, 1.82) is 0 Å². The first-order valence-corrected chi connectivity index (χ1v) is 9.68. The minimum absolute atomic E-state index is 0.00794. The monoisotopic (exact) mass is 376 g/mol. The molecule has 0 aliphatic carbocycles. The van der Waals surface area contributed by atoms with Gasteiger partial charge in [0.15, 0.2) is 0 Å². The first kappa shape index (κ1) is 21.2. The number of para-hydroxylation sites is 1. The van der Waals surface area contributed by atoms with Crippen LogP contribution in [0.15, 0.2) is 24.3 Å². The maximum atomic E-state index is 12.2. The average molecular weight is 377 g/mol. The summed E-state index contributed by atoms with van der Waals surface area (Å²) in [5, 5.41) is 2.96. The minimum Gasteiger partial charge on any atom is -0.496 e. The van der Waals surface area contributed by atoms with Crippen LogP contribution >= 0.6 is 0 Å². The summed E-state index contributed by atoms with van der Waals surface area (Å²) in [6.07, 6.45) is 0. The molecule has 150 valence electrons. The summed E-state index contributed by atoms with van der Waals surface area (Å²) in [5.41, 5.74) is 0.966. The van der Waals surface area contributed by atoms with Crippen LogP contribution in [-0.4, -0.2) is 86.0 Å². The van der Waals surface area contributed by atoms with Gasteiger partial charge in [0.05, 0.1) is 20.2 Å². The Morgan fingerprint density at radius 1 is 1.04 bits per heavy atom. The molecule has 7 nitrogen and oxygen atoms in total. The second kappa shape index (κ2) is 10.9. The molecule has 7 heteroatoms. The highest BCUT2D eigenvalue weighted by Crippen LogP contribution is 2.16. The smallest absolute Gasteiger partial charge is 0.236 e. The molecule has 1 aromatic carbocycles. The van der Waals surface area contributed by atoms with E-state index >= 15 is 0 Å². The number of ether oxygens (including phenoxy) is 1. The first-order chi connectivity index (χ1) is 13.1. The zero-order valence-corrected chi connectivity index (χ0v) is 16.7. The maximum Gasteiger partial charge on any atom is 0.236 e. The lowest BCUT2D eigenvalue weighted by molar-refractivity contribution is -0.133. The summed E-state index contributed by atoms with van der Waals surface area (Å²) >= 11 is 0. The molecule has 0 radical (unpaired) electrons. The van der Waals surface area contributed by atoms with Crippen LogP contribution in [0, 0.1) is 0 Å². The Morgan fingerprint density at radius 2 is 1.63 bits per heavy atom. The van der Waals surface area contributed by atoms with Gasteiger partial charge in [-0.2, -0.15) is 0 Å². The largest absolute Gasteiger partial charge is 0.496 e. The number of hydrogen-bond donors (Lipinski definition) is 1. The van der Waals surface area contributed by atoms with E-state index in [-0.39, 0.29) is 11.8 Å². The van der Waals surface area contributed by atoms with Crippen LogP contribution in [0.1, 0.15) is 19.4 Å². The molecule has 1 saturated heterocycles. The Bertz CT molecular complexity index is 611. The molecule has 1 fully saturated rings. The first-order valence-electron chi connectivity index (χ1n) is 9.68. The Labute approximate surface area is 162 Å². The van der Waals surface area contributed by atoms with Gasteiger partial charge < -0.3 is 15.0 Å². The molecule has 0 bridgehead atoms. The van der Waals surface area contributed by atoms with Crippen LogP contribution in [0.5, 0.6) is 5.75 Å². The van der Waals surface area contributed by atoms with Gasteiger partial charge in [-0.25, -0.2) is 0 Å². The summed E-state index contributed by atoms with van der Waals surface area (Å²) < 4.78 is 5.31. The Kier molecular flexibility index (Phi) is 8.54. The lowest BCUT2D eigenvalue weighted by Crippen LogP contribution is -2.51. The summed E-state index contributed by atoms with van der Waals surface area (Å²) in [5.74, 6) is 0.973. The summed E-state index contributed by atoms with van der Waals surface area (Å²) in [6, 6.07) is 7.68. The third kappa shape index (κ3) is 6.52. The fourth-order valence-electron chi connectivity index (χ4n) is 3.27. The zero-order valence-electron chi connectivity index (χ0n) is 16.7. The molecule has 2 amide bonds. The van der Waals surface area contributed by atoms with Crippen molar-refractivity contribution in [2.75, 3.05) is 59.5 Å². The van der Waals surface area contributed by atoms with Crippen molar-refractivity contribution in [2.45, 2.75) is 20.4 Å². The van der Waals surface area contributed by atoms with Crippen LogP contribution < -0.4 is 10.1 Å². The van der Waals surface area contributed by atoms with Crippen LogP contribution in [0.2, 0.25) is 0 Å². The van der Waals surface area contributed by atoms with Gasteiger partial charge in [0.1, 0.15) is 5.75 Å². The van der Waals surface area contributed by atoms with Crippen molar-refractivity contribution >= 4 is 11.8 Å². The molecular formula is C20H32N4O3. The third-order valence-electron chi connectivity index (χ3n) is 4.98. The van der Waals surface area contributed by atoms with Gasteiger partial charge >= 0.3 is 0 Å². The fraction of sp³-hybridized carbons (Fsp3) is 0.600. The predicted molar refractivity (Wildman–Crippen MR) is 106 cm³/mol. The van der Waals surface area contributed by atoms with E-state index < -0.39 is 0 Å². The summed E-state index contributed by atoms with van der Waals surface area (Å²) in [6.45, 7) is 10.0. The Morgan fingerprint density at radius 3 is 2.22 bits per heavy atom. The molecule has 1 aromatic rings. The Balaban J connectivity index is 1.70.